The Kier molecular flexibility index (Phi) is 6.16. The summed E-state index contributed by atoms with van der Waals surface area (Å²) in [6.07, 6.45) is 4.35. The molecule has 180 valence electrons. The van der Waals surface area contributed by atoms with Crippen molar-refractivity contribution >= 4 is 23.1 Å². The van der Waals surface area contributed by atoms with Crippen molar-refractivity contribution in [2.24, 2.45) is 0 Å². The molecule has 1 aliphatic rings. The molecule has 1 aliphatic heterocycles. The molecule has 10 nitrogen and oxygen atoms in total. The second-order valence-corrected chi connectivity index (χ2v) is 9.77. The van der Waals surface area contributed by atoms with E-state index in [0.717, 1.165) is 27.9 Å². The molecule has 0 atom stereocenters. The van der Waals surface area contributed by atoms with Gasteiger partial charge < -0.3 is 15.0 Å². The first-order valence-electron chi connectivity index (χ1n) is 11.4. The van der Waals surface area contributed by atoms with Gasteiger partial charge in [0, 0.05) is 37.0 Å². The molecular formula is C24H30N6O4. The van der Waals surface area contributed by atoms with Gasteiger partial charge in [0.15, 0.2) is 5.65 Å². The molecule has 0 radical (unpaired) electrons. The van der Waals surface area contributed by atoms with Gasteiger partial charge >= 0.3 is 6.09 Å². The number of amides is 1. The number of nitro groups is 1. The fourth-order valence-electron chi connectivity index (χ4n) is 4.26. The SMILES string of the molecule is Cc1cc(-c2cc(C)c3ncnn3c2)cc([N+](=O)[O-])c1NC1CCN(C(=O)OC(C)(C)C)CC1. The van der Waals surface area contributed by atoms with E-state index in [0.29, 0.717) is 31.6 Å². The lowest BCUT2D eigenvalue weighted by atomic mass is 9.99. The van der Waals surface area contributed by atoms with E-state index in [1.165, 1.54) is 6.33 Å². The Hall–Kier alpha value is -3.69. The number of rotatable bonds is 4. The largest absolute Gasteiger partial charge is 0.444 e. The van der Waals surface area contributed by atoms with Crippen LogP contribution in [0.4, 0.5) is 16.2 Å². The number of carbonyl (C=O) groups excluding carboxylic acids is 1. The standard InChI is InChI=1S/C24H30N6O4/c1-15-10-17(18-11-16(2)22-25-14-26-29(22)13-18)12-20(30(32)33)21(15)27-19-6-8-28(9-7-19)23(31)34-24(3,4)5/h10-14,19,27H,6-9H2,1-5H3. The van der Waals surface area contributed by atoms with Crippen molar-refractivity contribution in [2.75, 3.05) is 18.4 Å². The molecule has 0 aliphatic carbocycles. The van der Waals surface area contributed by atoms with Crippen LogP contribution in [0, 0.1) is 24.0 Å². The van der Waals surface area contributed by atoms with E-state index in [1.807, 2.05) is 52.9 Å². The zero-order valence-corrected chi connectivity index (χ0v) is 20.2. The number of ether oxygens (including phenoxy) is 1. The molecule has 1 N–H and O–H groups in total. The number of benzene rings is 1. The topological polar surface area (TPSA) is 115 Å². The molecule has 34 heavy (non-hydrogen) atoms. The van der Waals surface area contributed by atoms with E-state index in [4.69, 9.17) is 4.74 Å². The molecular weight excluding hydrogens is 436 g/mol. The summed E-state index contributed by atoms with van der Waals surface area (Å²) in [5.41, 5.74) is 4.07. The van der Waals surface area contributed by atoms with Gasteiger partial charge in [-0.2, -0.15) is 5.10 Å². The molecule has 3 heterocycles. The van der Waals surface area contributed by atoms with Crippen molar-refractivity contribution in [1.29, 1.82) is 0 Å². The summed E-state index contributed by atoms with van der Waals surface area (Å²) in [5.74, 6) is 0. The van der Waals surface area contributed by atoms with Crippen LogP contribution >= 0.6 is 0 Å². The third kappa shape index (κ3) is 4.95. The molecule has 2 aromatic heterocycles. The molecule has 0 bridgehead atoms. The van der Waals surface area contributed by atoms with Gasteiger partial charge in [0.1, 0.15) is 17.6 Å². The quantitative estimate of drug-likeness (QED) is 0.436. The lowest BCUT2D eigenvalue weighted by Gasteiger charge is -2.34. The molecule has 4 rings (SSSR count). The number of anilines is 1. The predicted molar refractivity (Wildman–Crippen MR) is 129 cm³/mol. The van der Waals surface area contributed by atoms with Crippen molar-refractivity contribution in [3.63, 3.8) is 0 Å². The Labute approximate surface area is 198 Å². The van der Waals surface area contributed by atoms with E-state index in [-0.39, 0.29) is 22.7 Å². The molecule has 3 aromatic rings. The average molecular weight is 467 g/mol. The normalized spacial score (nSPS) is 14.9. The highest BCUT2D eigenvalue weighted by Crippen LogP contribution is 2.36. The van der Waals surface area contributed by atoms with Crippen molar-refractivity contribution in [2.45, 2.75) is 59.1 Å². The van der Waals surface area contributed by atoms with Gasteiger partial charge in [-0.3, -0.25) is 10.1 Å². The summed E-state index contributed by atoms with van der Waals surface area (Å²) in [5, 5.41) is 19.6. The van der Waals surface area contributed by atoms with Gasteiger partial charge in [-0.15, -0.1) is 0 Å². The number of nitrogens with one attached hydrogen (secondary N) is 1. The molecule has 1 saturated heterocycles. The smallest absolute Gasteiger partial charge is 0.410 e. The Balaban J connectivity index is 1.54. The highest BCUT2D eigenvalue weighted by Gasteiger charge is 2.28. The summed E-state index contributed by atoms with van der Waals surface area (Å²) >= 11 is 0. The van der Waals surface area contributed by atoms with Gasteiger partial charge in [0.05, 0.1) is 4.92 Å². The van der Waals surface area contributed by atoms with Crippen LogP contribution in [0.1, 0.15) is 44.7 Å². The first-order chi connectivity index (χ1) is 16.0. The minimum atomic E-state index is -0.539. The van der Waals surface area contributed by atoms with E-state index in [1.54, 1.807) is 15.5 Å². The number of carbonyl (C=O) groups is 1. The van der Waals surface area contributed by atoms with Crippen LogP contribution in [0.25, 0.3) is 16.8 Å². The number of hydrogen-bond donors (Lipinski definition) is 1. The summed E-state index contributed by atoms with van der Waals surface area (Å²) in [4.78, 5) is 29.9. The van der Waals surface area contributed by atoms with Crippen molar-refractivity contribution in [1.82, 2.24) is 19.5 Å². The number of nitro benzene ring substituents is 1. The fraction of sp³-hybridized carbons (Fsp3) is 0.458. The molecule has 1 fully saturated rings. The molecule has 0 saturated carbocycles. The lowest BCUT2D eigenvalue weighted by Crippen LogP contribution is -2.44. The minimum absolute atomic E-state index is 0.0238. The molecule has 1 aromatic carbocycles. The predicted octanol–water partition coefficient (Wildman–Crippen LogP) is 4.73. The first kappa shape index (κ1) is 23.5. The van der Waals surface area contributed by atoms with Gasteiger partial charge in [0.25, 0.3) is 5.69 Å². The summed E-state index contributed by atoms with van der Waals surface area (Å²) < 4.78 is 7.13. The van der Waals surface area contributed by atoms with Crippen LogP contribution in [-0.2, 0) is 4.74 Å². The third-order valence-electron chi connectivity index (χ3n) is 5.90. The zero-order chi connectivity index (χ0) is 24.6. The number of piperidine rings is 1. The monoisotopic (exact) mass is 466 g/mol. The number of pyridine rings is 1. The Morgan fingerprint density at radius 1 is 1.15 bits per heavy atom. The lowest BCUT2D eigenvalue weighted by molar-refractivity contribution is -0.384. The average Bonchev–Trinajstić information content (AvgIpc) is 3.23. The third-order valence-corrected chi connectivity index (χ3v) is 5.90. The zero-order valence-electron chi connectivity index (χ0n) is 20.2. The maximum absolute atomic E-state index is 12.3. The van der Waals surface area contributed by atoms with Gasteiger partial charge in [0.2, 0.25) is 0 Å². The van der Waals surface area contributed by atoms with Crippen molar-refractivity contribution in [3.8, 4) is 11.1 Å². The molecule has 0 unspecified atom stereocenters. The van der Waals surface area contributed by atoms with Crippen molar-refractivity contribution < 1.29 is 14.5 Å². The van der Waals surface area contributed by atoms with E-state index < -0.39 is 5.60 Å². The first-order valence-corrected chi connectivity index (χ1v) is 11.4. The van der Waals surface area contributed by atoms with Crippen LogP contribution in [0.15, 0.2) is 30.7 Å². The number of aryl methyl sites for hydroxylation is 2. The highest BCUT2D eigenvalue weighted by atomic mass is 16.6. The molecule has 1 amide bonds. The van der Waals surface area contributed by atoms with Crippen LogP contribution in [0.2, 0.25) is 0 Å². The number of aromatic nitrogens is 3. The Morgan fingerprint density at radius 2 is 1.82 bits per heavy atom. The second-order valence-electron chi connectivity index (χ2n) is 9.77. The second kappa shape index (κ2) is 8.92. The minimum Gasteiger partial charge on any atom is -0.444 e. The summed E-state index contributed by atoms with van der Waals surface area (Å²) in [7, 11) is 0. The summed E-state index contributed by atoms with van der Waals surface area (Å²) in [6.45, 7) is 10.4. The number of nitrogens with zero attached hydrogens (tertiary/aromatic N) is 5. The Morgan fingerprint density at radius 3 is 2.47 bits per heavy atom. The number of fused-ring (bicyclic) bond motifs is 1. The van der Waals surface area contributed by atoms with Crippen LogP contribution in [0.3, 0.4) is 0 Å². The van der Waals surface area contributed by atoms with Gasteiger partial charge in [-0.05, 0) is 76.3 Å². The number of hydrogen-bond acceptors (Lipinski definition) is 7. The van der Waals surface area contributed by atoms with Crippen LogP contribution in [-0.4, -0.2) is 55.2 Å². The van der Waals surface area contributed by atoms with Crippen LogP contribution < -0.4 is 5.32 Å². The van der Waals surface area contributed by atoms with Crippen molar-refractivity contribution in [3.05, 3.63) is 52.0 Å². The van der Waals surface area contributed by atoms with Gasteiger partial charge in [-0.25, -0.2) is 14.3 Å². The number of likely N-dealkylation sites (tertiary alicyclic amines) is 1. The van der Waals surface area contributed by atoms with Gasteiger partial charge in [-0.1, -0.05) is 0 Å². The summed E-state index contributed by atoms with van der Waals surface area (Å²) in [6, 6.07) is 5.53. The van der Waals surface area contributed by atoms with E-state index >= 15 is 0 Å². The highest BCUT2D eigenvalue weighted by molar-refractivity contribution is 5.77. The van der Waals surface area contributed by atoms with E-state index in [2.05, 4.69) is 15.4 Å². The molecule has 10 heteroatoms. The maximum Gasteiger partial charge on any atom is 0.410 e. The molecule has 0 spiro atoms. The Bertz CT molecular complexity index is 1240. The maximum atomic E-state index is 12.3. The van der Waals surface area contributed by atoms with Crippen LogP contribution in [0.5, 0.6) is 0 Å². The van der Waals surface area contributed by atoms with E-state index in [9.17, 15) is 14.9 Å². The fourth-order valence-corrected chi connectivity index (χ4v) is 4.26.